The SMILES string of the molecule is CC1(C)c2ccccc2-c2cccc(-c3ccc(-n4c5ccccc5c5ccc6c7ccccc7oc6c54)cc3)c21. The van der Waals surface area contributed by atoms with Crippen LogP contribution in [0.4, 0.5) is 0 Å². The molecule has 2 heteroatoms. The van der Waals surface area contributed by atoms with Crippen molar-refractivity contribution >= 4 is 43.7 Å². The van der Waals surface area contributed by atoms with E-state index in [4.69, 9.17) is 4.42 Å². The van der Waals surface area contributed by atoms with Crippen LogP contribution in [0.1, 0.15) is 25.0 Å². The first kappa shape index (κ1) is 22.7. The lowest BCUT2D eigenvalue weighted by Crippen LogP contribution is -2.16. The molecule has 1 aliphatic rings. The summed E-state index contributed by atoms with van der Waals surface area (Å²) in [5.74, 6) is 0. The Balaban J connectivity index is 1.27. The number of benzene rings is 6. The number of rotatable bonds is 2. The van der Waals surface area contributed by atoms with Crippen LogP contribution in [-0.4, -0.2) is 4.57 Å². The Hall–Kier alpha value is -5.08. The molecule has 8 aromatic rings. The topological polar surface area (TPSA) is 18.1 Å². The van der Waals surface area contributed by atoms with Gasteiger partial charge in [-0.05, 0) is 63.7 Å². The molecule has 2 heterocycles. The smallest absolute Gasteiger partial charge is 0.160 e. The lowest BCUT2D eigenvalue weighted by atomic mass is 9.79. The first-order chi connectivity index (χ1) is 20.1. The van der Waals surface area contributed by atoms with Crippen molar-refractivity contribution in [3.05, 3.63) is 139 Å². The zero-order valence-corrected chi connectivity index (χ0v) is 23.0. The minimum atomic E-state index is -0.0546. The highest BCUT2D eigenvalue weighted by atomic mass is 16.3. The van der Waals surface area contributed by atoms with Crippen LogP contribution in [0.2, 0.25) is 0 Å². The molecule has 41 heavy (non-hydrogen) atoms. The van der Waals surface area contributed by atoms with Gasteiger partial charge in [-0.25, -0.2) is 0 Å². The van der Waals surface area contributed by atoms with Crippen molar-refractivity contribution in [1.29, 1.82) is 0 Å². The molecule has 0 saturated carbocycles. The number of nitrogens with zero attached hydrogens (tertiary/aromatic N) is 1. The van der Waals surface area contributed by atoms with Gasteiger partial charge >= 0.3 is 0 Å². The van der Waals surface area contributed by atoms with E-state index in [1.807, 2.05) is 6.07 Å². The van der Waals surface area contributed by atoms with Gasteiger partial charge in [0, 0.05) is 32.6 Å². The van der Waals surface area contributed by atoms with Crippen molar-refractivity contribution in [2.45, 2.75) is 19.3 Å². The van der Waals surface area contributed by atoms with Crippen molar-refractivity contribution in [2.75, 3.05) is 0 Å². The fourth-order valence-corrected chi connectivity index (χ4v) is 7.38. The molecule has 1 aliphatic carbocycles. The van der Waals surface area contributed by atoms with Gasteiger partial charge in [0.25, 0.3) is 0 Å². The average molecular weight is 526 g/mol. The molecule has 6 aromatic carbocycles. The normalized spacial score (nSPS) is 13.8. The number of furan rings is 1. The number of fused-ring (bicyclic) bond motifs is 10. The van der Waals surface area contributed by atoms with Gasteiger partial charge in [-0.15, -0.1) is 0 Å². The summed E-state index contributed by atoms with van der Waals surface area (Å²) in [6.07, 6.45) is 0. The van der Waals surface area contributed by atoms with Crippen molar-refractivity contribution < 1.29 is 4.42 Å². The Morgan fingerprint density at radius 1 is 0.537 bits per heavy atom. The van der Waals surface area contributed by atoms with E-state index in [1.165, 1.54) is 49.7 Å². The summed E-state index contributed by atoms with van der Waals surface area (Å²) in [6, 6.07) is 46.1. The van der Waals surface area contributed by atoms with Crippen LogP contribution in [0.3, 0.4) is 0 Å². The van der Waals surface area contributed by atoms with Gasteiger partial charge in [-0.1, -0.05) is 111 Å². The molecule has 0 spiro atoms. The molecule has 0 radical (unpaired) electrons. The molecule has 0 N–H and O–H groups in total. The molecular weight excluding hydrogens is 498 g/mol. The predicted molar refractivity (Wildman–Crippen MR) is 171 cm³/mol. The van der Waals surface area contributed by atoms with E-state index in [2.05, 4.69) is 140 Å². The average Bonchev–Trinajstić information content (AvgIpc) is 3.64. The highest BCUT2D eigenvalue weighted by Gasteiger charge is 2.37. The second-order valence-electron chi connectivity index (χ2n) is 11.7. The van der Waals surface area contributed by atoms with Gasteiger partial charge in [0.15, 0.2) is 5.58 Å². The number of hydrogen-bond acceptors (Lipinski definition) is 1. The van der Waals surface area contributed by atoms with Crippen LogP contribution in [-0.2, 0) is 5.41 Å². The highest BCUT2D eigenvalue weighted by molar-refractivity contribution is 6.21. The maximum atomic E-state index is 6.53. The molecule has 2 nitrogen and oxygen atoms in total. The maximum absolute atomic E-state index is 6.53. The summed E-state index contributed by atoms with van der Waals surface area (Å²) < 4.78 is 8.90. The third kappa shape index (κ3) is 2.97. The minimum Gasteiger partial charge on any atom is -0.454 e. The lowest BCUT2D eigenvalue weighted by Gasteiger charge is -2.24. The fourth-order valence-electron chi connectivity index (χ4n) is 7.38. The maximum Gasteiger partial charge on any atom is 0.160 e. The van der Waals surface area contributed by atoms with Gasteiger partial charge in [0.2, 0.25) is 0 Å². The van der Waals surface area contributed by atoms with Gasteiger partial charge in [-0.3, -0.25) is 0 Å². The molecule has 2 aromatic heterocycles. The van der Waals surface area contributed by atoms with Crippen LogP contribution >= 0.6 is 0 Å². The van der Waals surface area contributed by atoms with Gasteiger partial charge in [0.05, 0.1) is 11.0 Å². The molecule has 0 unspecified atom stereocenters. The van der Waals surface area contributed by atoms with Gasteiger partial charge < -0.3 is 8.98 Å². The first-order valence-electron chi connectivity index (χ1n) is 14.3. The summed E-state index contributed by atoms with van der Waals surface area (Å²) in [6.45, 7) is 4.71. The third-order valence-electron chi connectivity index (χ3n) is 9.20. The fraction of sp³-hybridized carbons (Fsp3) is 0.0769. The van der Waals surface area contributed by atoms with Crippen molar-refractivity contribution in [1.82, 2.24) is 4.57 Å². The van der Waals surface area contributed by atoms with E-state index in [0.29, 0.717) is 0 Å². The summed E-state index contributed by atoms with van der Waals surface area (Å²) in [7, 11) is 0. The largest absolute Gasteiger partial charge is 0.454 e. The molecule has 0 amide bonds. The quantitative estimate of drug-likeness (QED) is 0.219. The van der Waals surface area contributed by atoms with Crippen LogP contribution in [0.15, 0.2) is 132 Å². The Kier molecular flexibility index (Phi) is 4.42. The first-order valence-corrected chi connectivity index (χ1v) is 14.3. The predicted octanol–water partition coefficient (Wildman–Crippen LogP) is 10.7. The van der Waals surface area contributed by atoms with Crippen molar-refractivity contribution in [3.63, 3.8) is 0 Å². The van der Waals surface area contributed by atoms with Crippen LogP contribution in [0, 0.1) is 0 Å². The number of para-hydroxylation sites is 2. The van der Waals surface area contributed by atoms with E-state index < -0.39 is 0 Å². The summed E-state index contributed by atoms with van der Waals surface area (Å²) >= 11 is 0. The second kappa shape index (κ2) is 7.99. The van der Waals surface area contributed by atoms with E-state index in [-0.39, 0.29) is 5.41 Å². The Morgan fingerprint density at radius 3 is 2.10 bits per heavy atom. The Labute approximate surface area is 238 Å². The third-order valence-corrected chi connectivity index (χ3v) is 9.20. The van der Waals surface area contributed by atoms with Crippen LogP contribution < -0.4 is 0 Å². The molecule has 0 atom stereocenters. The molecule has 0 fully saturated rings. The Morgan fingerprint density at radius 2 is 1.22 bits per heavy atom. The van der Waals surface area contributed by atoms with E-state index in [0.717, 1.165) is 33.1 Å². The van der Waals surface area contributed by atoms with Gasteiger partial charge in [-0.2, -0.15) is 0 Å². The molecule has 0 aliphatic heterocycles. The standard InChI is InChI=1S/C39H27NO/c1-39(2)33-15-6-3-10-27(33)30-14-9-13-26(36(30)39)24-18-20-25(21-19-24)40-34-16-7-4-11-28(34)31-22-23-32-29-12-5-8-17-35(29)41-38(32)37(31)40/h3-23H,1-2H3. The number of aromatic nitrogens is 1. The number of hydrogen-bond donors (Lipinski definition) is 0. The lowest BCUT2D eigenvalue weighted by molar-refractivity contribution is 0.662. The van der Waals surface area contributed by atoms with E-state index >= 15 is 0 Å². The van der Waals surface area contributed by atoms with Crippen LogP contribution in [0.5, 0.6) is 0 Å². The zero-order valence-electron chi connectivity index (χ0n) is 23.0. The summed E-state index contributed by atoms with van der Waals surface area (Å²) in [5, 5.41) is 4.74. The molecule has 0 bridgehead atoms. The monoisotopic (exact) mass is 525 g/mol. The van der Waals surface area contributed by atoms with Crippen molar-refractivity contribution in [2.24, 2.45) is 0 Å². The molecular formula is C39H27NO. The highest BCUT2D eigenvalue weighted by Crippen LogP contribution is 2.52. The van der Waals surface area contributed by atoms with Gasteiger partial charge in [0.1, 0.15) is 5.58 Å². The molecule has 194 valence electrons. The Bertz CT molecular complexity index is 2330. The zero-order chi connectivity index (χ0) is 27.3. The summed E-state index contributed by atoms with van der Waals surface area (Å²) in [4.78, 5) is 0. The molecule has 9 rings (SSSR count). The van der Waals surface area contributed by atoms with Crippen molar-refractivity contribution in [3.8, 4) is 27.9 Å². The second-order valence-corrected chi connectivity index (χ2v) is 11.7. The minimum absolute atomic E-state index is 0.0546. The molecule has 0 saturated heterocycles. The summed E-state index contributed by atoms with van der Waals surface area (Å²) in [5.41, 5.74) is 13.3. The van der Waals surface area contributed by atoms with Crippen LogP contribution in [0.25, 0.3) is 71.7 Å². The van der Waals surface area contributed by atoms with E-state index in [9.17, 15) is 0 Å². The van der Waals surface area contributed by atoms with E-state index in [1.54, 1.807) is 0 Å².